The molecule has 1 N–H and O–H groups in total. The molecule has 1 fully saturated rings. The highest BCUT2D eigenvalue weighted by Gasteiger charge is 2.40. The molecule has 0 radical (unpaired) electrons. The first kappa shape index (κ1) is 17.6. The smallest absolute Gasteiger partial charge is 0.170 e. The van der Waals surface area contributed by atoms with Gasteiger partial charge < -0.3 is 19.5 Å². The summed E-state index contributed by atoms with van der Waals surface area (Å²) in [7, 11) is 1.70. The average Bonchev–Trinajstić information content (AvgIpc) is 3.32. The Kier molecular flexibility index (Phi) is 5.13. The van der Waals surface area contributed by atoms with Crippen molar-refractivity contribution in [2.45, 2.75) is 12.1 Å². The molecule has 2 unspecified atom stereocenters. The van der Waals surface area contributed by atoms with Crippen molar-refractivity contribution in [3.05, 3.63) is 78.6 Å². The van der Waals surface area contributed by atoms with E-state index < -0.39 is 0 Å². The first-order valence-corrected chi connectivity index (χ1v) is 9.25. The van der Waals surface area contributed by atoms with Gasteiger partial charge in [-0.05, 0) is 48.6 Å². The summed E-state index contributed by atoms with van der Waals surface area (Å²) in [6.45, 7) is 1.30. The number of rotatable bonds is 6. The Morgan fingerprint density at radius 2 is 2.07 bits per heavy atom. The Bertz CT molecular complexity index is 899. The average molecular weight is 379 g/mol. The number of nitrogens with one attached hydrogen (secondary N) is 1. The molecule has 0 aromatic carbocycles. The number of hydrogen-bond acceptors (Lipinski definition) is 4. The normalized spacial score (nSPS) is 19.3. The number of nitrogens with zero attached hydrogens (tertiary/aromatic N) is 4. The van der Waals surface area contributed by atoms with Gasteiger partial charge in [-0.1, -0.05) is 6.07 Å². The number of thiocarbonyl (C=S) groups is 1. The highest BCUT2D eigenvalue weighted by atomic mass is 32.1. The van der Waals surface area contributed by atoms with Crippen LogP contribution in [0.5, 0.6) is 0 Å². The van der Waals surface area contributed by atoms with Crippen LogP contribution in [0.3, 0.4) is 0 Å². The highest BCUT2D eigenvalue weighted by molar-refractivity contribution is 7.80. The Morgan fingerprint density at radius 3 is 2.81 bits per heavy atom. The molecule has 7 heteroatoms. The van der Waals surface area contributed by atoms with Gasteiger partial charge in [-0.3, -0.25) is 9.97 Å². The van der Waals surface area contributed by atoms with E-state index in [0.717, 1.165) is 17.1 Å². The first-order chi connectivity index (χ1) is 13.3. The number of ether oxygens (including phenoxy) is 1. The monoisotopic (exact) mass is 379 g/mol. The van der Waals surface area contributed by atoms with E-state index in [4.69, 9.17) is 17.0 Å². The largest absolute Gasteiger partial charge is 0.383 e. The molecule has 27 heavy (non-hydrogen) atoms. The van der Waals surface area contributed by atoms with Crippen LogP contribution in [-0.4, -0.2) is 44.8 Å². The minimum absolute atomic E-state index is 0.00208. The van der Waals surface area contributed by atoms with Gasteiger partial charge in [0.2, 0.25) is 0 Å². The molecule has 138 valence electrons. The lowest BCUT2D eigenvalue weighted by atomic mass is 10.0. The molecule has 0 bridgehead atoms. The van der Waals surface area contributed by atoms with Crippen molar-refractivity contribution in [3.63, 3.8) is 0 Å². The lowest BCUT2D eigenvalue weighted by molar-refractivity contribution is 0.163. The fourth-order valence-corrected chi connectivity index (χ4v) is 3.86. The fourth-order valence-electron chi connectivity index (χ4n) is 3.52. The summed E-state index contributed by atoms with van der Waals surface area (Å²) in [6.07, 6.45) is 7.51. The Labute approximate surface area is 163 Å². The van der Waals surface area contributed by atoms with E-state index in [2.05, 4.69) is 37.0 Å². The fraction of sp³-hybridized carbons (Fsp3) is 0.250. The zero-order valence-corrected chi connectivity index (χ0v) is 15.8. The lowest BCUT2D eigenvalue weighted by Gasteiger charge is -2.28. The predicted molar refractivity (Wildman–Crippen MR) is 108 cm³/mol. The SMILES string of the molecule is COCCN1C(=S)NC(c2ccccn2)C1c1cccn1-c1cccnc1. The first-order valence-electron chi connectivity index (χ1n) is 8.84. The van der Waals surface area contributed by atoms with Crippen molar-refractivity contribution in [2.75, 3.05) is 20.3 Å². The van der Waals surface area contributed by atoms with Gasteiger partial charge in [0.15, 0.2) is 5.11 Å². The number of aromatic nitrogens is 3. The summed E-state index contributed by atoms with van der Waals surface area (Å²) < 4.78 is 7.47. The minimum Gasteiger partial charge on any atom is -0.383 e. The zero-order valence-electron chi connectivity index (χ0n) is 15.0. The number of pyridine rings is 2. The Hall–Kier alpha value is -2.77. The summed E-state index contributed by atoms with van der Waals surface area (Å²) in [6, 6.07) is 14.1. The molecule has 0 aliphatic carbocycles. The molecule has 2 atom stereocenters. The van der Waals surface area contributed by atoms with Crippen LogP contribution in [0, 0.1) is 0 Å². The van der Waals surface area contributed by atoms with Crippen LogP contribution < -0.4 is 5.32 Å². The molecule has 1 aliphatic heterocycles. The van der Waals surface area contributed by atoms with Crippen LogP contribution >= 0.6 is 12.2 Å². The quantitative estimate of drug-likeness (QED) is 0.665. The summed E-state index contributed by atoms with van der Waals surface area (Å²) in [4.78, 5) is 11.0. The molecule has 4 heterocycles. The third-order valence-corrected chi connectivity index (χ3v) is 5.09. The van der Waals surface area contributed by atoms with Crippen LogP contribution in [0.1, 0.15) is 23.5 Å². The molecule has 3 aromatic rings. The Morgan fingerprint density at radius 1 is 1.15 bits per heavy atom. The van der Waals surface area contributed by atoms with Crippen LogP contribution in [-0.2, 0) is 4.74 Å². The van der Waals surface area contributed by atoms with Gasteiger partial charge in [0.1, 0.15) is 0 Å². The molecule has 3 aromatic heterocycles. The molecule has 1 saturated heterocycles. The minimum atomic E-state index is -0.0409. The Balaban J connectivity index is 1.78. The standard InChI is InChI=1S/C20H21N5OS/c1-26-13-12-25-19(18(23-20(25)27)16-7-2-3-10-22-16)17-8-5-11-24(17)15-6-4-9-21-14-15/h2-11,14,18-19H,12-13H2,1H3,(H,23,27). The van der Waals surface area contributed by atoms with Crippen molar-refractivity contribution < 1.29 is 4.74 Å². The summed E-state index contributed by atoms with van der Waals surface area (Å²) in [5, 5.41) is 4.17. The van der Waals surface area contributed by atoms with Crippen molar-refractivity contribution in [2.24, 2.45) is 0 Å². The zero-order chi connectivity index (χ0) is 18.6. The summed E-state index contributed by atoms with van der Waals surface area (Å²) in [5.74, 6) is 0. The van der Waals surface area contributed by atoms with Gasteiger partial charge in [0, 0.05) is 37.9 Å². The molecule has 1 aliphatic rings. The van der Waals surface area contributed by atoms with Gasteiger partial charge in [0.05, 0.1) is 36.3 Å². The molecule has 0 amide bonds. The lowest BCUT2D eigenvalue weighted by Crippen LogP contribution is -2.33. The second kappa shape index (κ2) is 7.85. The number of hydrogen-bond donors (Lipinski definition) is 1. The van der Waals surface area contributed by atoms with Crippen molar-refractivity contribution >= 4 is 17.3 Å². The molecule has 6 nitrogen and oxygen atoms in total. The van der Waals surface area contributed by atoms with E-state index >= 15 is 0 Å². The second-order valence-corrected chi connectivity index (χ2v) is 6.71. The maximum atomic E-state index is 5.65. The topological polar surface area (TPSA) is 55.2 Å². The van der Waals surface area contributed by atoms with E-state index in [9.17, 15) is 0 Å². The van der Waals surface area contributed by atoms with Crippen LogP contribution in [0.4, 0.5) is 0 Å². The molecule has 4 rings (SSSR count). The van der Waals surface area contributed by atoms with Crippen LogP contribution in [0.15, 0.2) is 67.3 Å². The van der Waals surface area contributed by atoms with E-state index in [0.29, 0.717) is 18.3 Å². The highest BCUT2D eigenvalue weighted by Crippen LogP contribution is 2.39. The van der Waals surface area contributed by atoms with E-state index in [1.165, 1.54) is 0 Å². The molecule has 0 spiro atoms. The third kappa shape index (κ3) is 3.43. The predicted octanol–water partition coefficient (Wildman–Crippen LogP) is 2.89. The van der Waals surface area contributed by atoms with Gasteiger partial charge in [-0.25, -0.2) is 0 Å². The molecule has 0 saturated carbocycles. The van der Waals surface area contributed by atoms with Crippen LogP contribution in [0.25, 0.3) is 5.69 Å². The number of methoxy groups -OCH3 is 1. The summed E-state index contributed by atoms with van der Waals surface area (Å²) >= 11 is 5.65. The summed E-state index contributed by atoms with van der Waals surface area (Å²) in [5.41, 5.74) is 3.10. The van der Waals surface area contributed by atoms with Gasteiger partial charge in [0.25, 0.3) is 0 Å². The second-order valence-electron chi connectivity index (χ2n) is 6.33. The molecular formula is C20H21N5OS. The van der Waals surface area contributed by atoms with E-state index in [1.807, 2.05) is 48.8 Å². The molecular weight excluding hydrogens is 358 g/mol. The van der Waals surface area contributed by atoms with Gasteiger partial charge in [-0.15, -0.1) is 0 Å². The van der Waals surface area contributed by atoms with Gasteiger partial charge in [-0.2, -0.15) is 0 Å². The van der Waals surface area contributed by atoms with E-state index in [1.54, 1.807) is 13.3 Å². The van der Waals surface area contributed by atoms with Crippen molar-refractivity contribution in [1.29, 1.82) is 0 Å². The van der Waals surface area contributed by atoms with E-state index in [-0.39, 0.29) is 12.1 Å². The third-order valence-electron chi connectivity index (χ3n) is 4.74. The van der Waals surface area contributed by atoms with Gasteiger partial charge >= 0.3 is 0 Å². The van der Waals surface area contributed by atoms with Crippen molar-refractivity contribution in [3.8, 4) is 5.69 Å². The maximum Gasteiger partial charge on any atom is 0.170 e. The van der Waals surface area contributed by atoms with Crippen LogP contribution in [0.2, 0.25) is 0 Å². The van der Waals surface area contributed by atoms with Crippen molar-refractivity contribution in [1.82, 2.24) is 24.8 Å². The maximum absolute atomic E-state index is 5.65.